The van der Waals surface area contributed by atoms with Crippen molar-refractivity contribution in [2.75, 3.05) is 24.7 Å². The normalized spacial score (nSPS) is 17.9. The molecule has 1 aliphatic heterocycles. The van der Waals surface area contributed by atoms with E-state index in [4.69, 9.17) is 4.74 Å². The van der Waals surface area contributed by atoms with Gasteiger partial charge in [-0.2, -0.15) is 0 Å². The minimum atomic E-state index is -1.11. The average Bonchev–Trinajstić information content (AvgIpc) is 2.47. The van der Waals surface area contributed by atoms with Crippen LogP contribution in [0, 0.1) is 0 Å². The largest absolute Gasteiger partial charge is 0.458 e. The maximum atomic E-state index is 12.0. The number of rotatable bonds is 5. The van der Waals surface area contributed by atoms with E-state index in [1.165, 1.54) is 31.6 Å². The molecule has 0 amide bonds. The number of carbonyl (C=O) groups is 1. The monoisotopic (exact) mass is 297 g/mol. The van der Waals surface area contributed by atoms with Gasteiger partial charge in [0.2, 0.25) is 0 Å². The Morgan fingerprint density at radius 3 is 2.53 bits per heavy atom. The summed E-state index contributed by atoms with van der Waals surface area (Å²) in [6, 6.07) is 9.91. The Morgan fingerprint density at radius 1 is 1.21 bits per heavy atom. The van der Waals surface area contributed by atoms with Crippen LogP contribution in [0.25, 0.3) is 0 Å². The van der Waals surface area contributed by atoms with Crippen LogP contribution < -0.4 is 0 Å². The average molecular weight is 297 g/mol. The molecule has 1 aliphatic rings. The van der Waals surface area contributed by atoms with Gasteiger partial charge in [0.05, 0.1) is 18.8 Å². The molecule has 0 spiro atoms. The summed E-state index contributed by atoms with van der Waals surface area (Å²) >= 11 is 1.95. The molecule has 0 bridgehead atoms. The number of carbonyl (C=O) groups excluding carboxylic acids is 1. The van der Waals surface area contributed by atoms with Crippen molar-refractivity contribution in [2.24, 2.45) is 0 Å². The second-order valence-electron chi connectivity index (χ2n) is 5.05. The Kier molecular flexibility index (Phi) is 5.72. The second-order valence-corrected chi connectivity index (χ2v) is 12.2. The molecule has 1 aromatic carbocycles. The van der Waals surface area contributed by atoms with Crippen molar-refractivity contribution in [3.8, 4) is 0 Å². The molecular formula is C15H22O2PS+. The molecule has 1 saturated heterocycles. The van der Waals surface area contributed by atoms with Crippen molar-refractivity contribution in [1.82, 2.24) is 0 Å². The van der Waals surface area contributed by atoms with Crippen LogP contribution in [0.5, 0.6) is 0 Å². The molecule has 4 heteroatoms. The standard InChI is InChI=1S/C15H22O2PS/c1-19-18(10-6-3-7-11-18)13-15(16)17-12-14-8-4-2-5-9-14/h2,4-5,8-9H,3,6-7,10-13H2,1H3/q+1. The van der Waals surface area contributed by atoms with Crippen molar-refractivity contribution in [3.05, 3.63) is 35.9 Å². The lowest BCUT2D eigenvalue weighted by Gasteiger charge is -2.27. The summed E-state index contributed by atoms with van der Waals surface area (Å²) in [6.07, 6.45) is 9.27. The van der Waals surface area contributed by atoms with Gasteiger partial charge < -0.3 is 4.74 Å². The fourth-order valence-electron chi connectivity index (χ4n) is 2.51. The van der Waals surface area contributed by atoms with Crippen LogP contribution in [0.4, 0.5) is 0 Å². The van der Waals surface area contributed by atoms with E-state index in [9.17, 15) is 4.79 Å². The van der Waals surface area contributed by atoms with Crippen molar-refractivity contribution in [2.45, 2.75) is 25.9 Å². The summed E-state index contributed by atoms with van der Waals surface area (Å²) in [5.74, 6) is -0.00608. The van der Waals surface area contributed by atoms with Crippen LogP contribution in [-0.2, 0) is 16.1 Å². The highest BCUT2D eigenvalue weighted by Crippen LogP contribution is 2.71. The lowest BCUT2D eigenvalue weighted by atomic mass is 10.2. The van der Waals surface area contributed by atoms with E-state index in [1.54, 1.807) is 0 Å². The molecule has 0 atom stereocenters. The van der Waals surface area contributed by atoms with Gasteiger partial charge in [-0.3, -0.25) is 0 Å². The maximum absolute atomic E-state index is 12.0. The lowest BCUT2D eigenvalue weighted by molar-refractivity contribution is -0.141. The second kappa shape index (κ2) is 7.31. The predicted molar refractivity (Wildman–Crippen MR) is 85.1 cm³/mol. The van der Waals surface area contributed by atoms with E-state index in [-0.39, 0.29) is 5.97 Å². The van der Waals surface area contributed by atoms with E-state index >= 15 is 0 Å². The maximum Gasteiger partial charge on any atom is 0.345 e. The molecule has 0 N–H and O–H groups in total. The highest BCUT2D eigenvalue weighted by Gasteiger charge is 2.41. The van der Waals surface area contributed by atoms with Crippen LogP contribution >= 0.6 is 17.8 Å². The Morgan fingerprint density at radius 2 is 1.89 bits per heavy atom. The third-order valence-electron chi connectivity index (χ3n) is 3.68. The number of benzene rings is 1. The van der Waals surface area contributed by atoms with Crippen LogP contribution in [0.1, 0.15) is 24.8 Å². The van der Waals surface area contributed by atoms with Crippen LogP contribution in [0.2, 0.25) is 0 Å². The molecule has 0 unspecified atom stereocenters. The van der Waals surface area contributed by atoms with Crippen LogP contribution in [0.15, 0.2) is 30.3 Å². The lowest BCUT2D eigenvalue weighted by Crippen LogP contribution is -2.18. The quantitative estimate of drug-likeness (QED) is 0.601. The van der Waals surface area contributed by atoms with Gasteiger partial charge in [0.25, 0.3) is 0 Å². The third kappa shape index (κ3) is 4.50. The zero-order valence-electron chi connectivity index (χ0n) is 11.5. The molecule has 2 nitrogen and oxygen atoms in total. The molecule has 1 fully saturated rings. The zero-order valence-corrected chi connectivity index (χ0v) is 13.2. The first-order chi connectivity index (χ1) is 9.24. The summed E-state index contributed by atoms with van der Waals surface area (Å²) in [7, 11) is 0. The Labute approximate surface area is 120 Å². The first-order valence-electron chi connectivity index (χ1n) is 6.85. The summed E-state index contributed by atoms with van der Waals surface area (Å²) < 4.78 is 5.43. The van der Waals surface area contributed by atoms with E-state index < -0.39 is 6.46 Å². The highest BCUT2D eigenvalue weighted by molar-refractivity contribution is 8.62. The fraction of sp³-hybridized carbons (Fsp3) is 0.533. The summed E-state index contributed by atoms with van der Waals surface area (Å²) in [5, 5.41) is 0. The zero-order chi connectivity index (χ0) is 13.6. The number of ether oxygens (including phenoxy) is 1. The first-order valence-corrected chi connectivity index (χ1v) is 11.0. The van der Waals surface area contributed by atoms with E-state index in [1.807, 2.05) is 41.7 Å². The van der Waals surface area contributed by atoms with Gasteiger partial charge >= 0.3 is 5.97 Å². The van der Waals surface area contributed by atoms with Crippen molar-refractivity contribution in [1.29, 1.82) is 0 Å². The number of hydrogen-bond acceptors (Lipinski definition) is 3. The SMILES string of the molecule is CS[P+]1(CC(=O)OCc2ccccc2)CCCCC1. The first kappa shape index (κ1) is 14.9. The van der Waals surface area contributed by atoms with Crippen molar-refractivity contribution >= 4 is 23.8 Å². The van der Waals surface area contributed by atoms with Crippen molar-refractivity contribution in [3.63, 3.8) is 0 Å². The van der Waals surface area contributed by atoms with Gasteiger partial charge in [-0.1, -0.05) is 30.3 Å². The molecule has 0 aliphatic carbocycles. The van der Waals surface area contributed by atoms with Gasteiger partial charge in [-0.15, -0.1) is 0 Å². The third-order valence-corrected chi connectivity index (χ3v) is 11.4. The van der Waals surface area contributed by atoms with E-state index in [0.717, 1.165) is 5.56 Å². The minimum Gasteiger partial charge on any atom is -0.458 e. The Hall–Kier alpha value is -0.530. The summed E-state index contributed by atoms with van der Waals surface area (Å²) in [6.45, 7) is -0.696. The van der Waals surface area contributed by atoms with Crippen molar-refractivity contribution < 1.29 is 9.53 Å². The van der Waals surface area contributed by atoms with E-state index in [0.29, 0.717) is 12.8 Å². The fourth-order valence-corrected chi connectivity index (χ4v) is 8.28. The molecule has 0 saturated carbocycles. The van der Waals surface area contributed by atoms with Gasteiger partial charge in [-0.05, 0) is 24.8 Å². The topological polar surface area (TPSA) is 26.3 Å². The van der Waals surface area contributed by atoms with Crippen LogP contribution in [0.3, 0.4) is 0 Å². The predicted octanol–water partition coefficient (Wildman–Crippen LogP) is 4.21. The van der Waals surface area contributed by atoms with Gasteiger partial charge in [0.1, 0.15) is 6.61 Å². The number of esters is 1. The molecule has 2 rings (SSSR count). The molecule has 1 heterocycles. The molecule has 1 aromatic rings. The van der Waals surface area contributed by atoms with Gasteiger partial charge in [-0.25, -0.2) is 4.79 Å². The summed E-state index contributed by atoms with van der Waals surface area (Å²) in [4.78, 5) is 12.0. The van der Waals surface area contributed by atoms with Gasteiger partial charge in [0, 0.05) is 17.6 Å². The molecule has 0 aromatic heterocycles. The Balaban J connectivity index is 1.83. The molecule has 19 heavy (non-hydrogen) atoms. The number of hydrogen-bond donors (Lipinski definition) is 0. The van der Waals surface area contributed by atoms with E-state index in [2.05, 4.69) is 6.26 Å². The molecule has 0 radical (unpaired) electrons. The highest BCUT2D eigenvalue weighted by atomic mass is 32.7. The minimum absolute atomic E-state index is 0.00608. The Bertz CT molecular complexity index is 402. The molecular weight excluding hydrogens is 275 g/mol. The van der Waals surface area contributed by atoms with Crippen LogP contribution in [-0.4, -0.2) is 30.7 Å². The molecule has 104 valence electrons. The van der Waals surface area contributed by atoms with Gasteiger partial charge in [0.15, 0.2) is 6.16 Å². The smallest absolute Gasteiger partial charge is 0.345 e. The summed E-state index contributed by atoms with van der Waals surface area (Å²) in [5.41, 5.74) is 1.07.